The first-order chi connectivity index (χ1) is 30.7. The maximum Gasteiger partial charge on any atom is 0.220 e. The summed E-state index contributed by atoms with van der Waals surface area (Å²) in [6.07, 6.45) is 22.4. The highest BCUT2D eigenvalue weighted by atomic mass is 16.5. The van der Waals surface area contributed by atoms with E-state index in [1.54, 1.807) is 17.8 Å². The van der Waals surface area contributed by atoms with E-state index in [0.717, 1.165) is 75.2 Å². The number of aromatic amines is 1. The van der Waals surface area contributed by atoms with Crippen LogP contribution < -0.4 is 10.6 Å². The monoisotopic (exact) mass is 877 g/mol. The van der Waals surface area contributed by atoms with Gasteiger partial charge in [0.05, 0.1) is 26.4 Å². The summed E-state index contributed by atoms with van der Waals surface area (Å²) in [5.41, 5.74) is 8.62. The molecule has 0 radical (unpaired) electrons. The van der Waals surface area contributed by atoms with Crippen molar-refractivity contribution in [2.45, 2.75) is 112 Å². The number of hydrogen-bond acceptors (Lipinski definition) is 8. The predicted octanol–water partition coefficient (Wildman–Crippen LogP) is 9.58. The second kappa shape index (κ2) is 20.3. The average Bonchev–Trinajstić information content (AvgIpc) is 3.66. The van der Waals surface area contributed by atoms with Gasteiger partial charge >= 0.3 is 0 Å². The first kappa shape index (κ1) is 47.4. The number of aliphatic hydroxyl groups excluding tert-OH is 1. The van der Waals surface area contributed by atoms with Crippen LogP contribution in [-0.2, 0) is 35.0 Å². The van der Waals surface area contributed by atoms with Crippen LogP contribution in [0.4, 0.5) is 0 Å². The lowest BCUT2D eigenvalue weighted by molar-refractivity contribution is -0.148. The number of allylic oxidation sites excluding steroid dienone is 7. The van der Waals surface area contributed by atoms with Crippen molar-refractivity contribution in [3.05, 3.63) is 88.5 Å². The van der Waals surface area contributed by atoms with Crippen molar-refractivity contribution in [1.82, 2.24) is 20.6 Å². The topological polar surface area (TPSA) is 152 Å². The summed E-state index contributed by atoms with van der Waals surface area (Å²) < 4.78 is 16.3. The molecule has 3 saturated carbocycles. The normalized spacial score (nSPS) is 28.4. The fourth-order valence-corrected chi connectivity index (χ4v) is 12.1. The standard InChI is InChI=1S/C28H38O2.C25H34N4O5/c1-17-9-10-25(3)11-13-27(5)22-8-7-19-18(2)24(30)21(29)16-20(19)26(22,4)12-14-28(27,6)23(25)15-17;30-19-27-8-1-11-32-13-15-34-16-14-33-12-2-9-28-25(31)6-4-20-3-5-23-21(17-20)22-18-26-10-7-24(22)29-23/h7-8,16-17,23,30H,9-15H2,1-6H3;3,5,7,10,17-19,29H,1-2,4,6,8-9,11-16H2,(H,27,30)(H,28,31)/t17?,23?,25?,26?,27?,28-;/m0./s1. The van der Waals surface area contributed by atoms with Gasteiger partial charge in [0.1, 0.15) is 0 Å². The van der Waals surface area contributed by atoms with E-state index >= 15 is 0 Å². The molecule has 5 aliphatic carbocycles. The minimum Gasteiger partial charge on any atom is -0.504 e. The third-order valence-electron chi connectivity index (χ3n) is 16.1. The van der Waals surface area contributed by atoms with Crippen LogP contribution in [-0.4, -0.2) is 85.9 Å². The second-order valence-electron chi connectivity index (χ2n) is 20.1. The molecule has 2 heterocycles. The summed E-state index contributed by atoms with van der Waals surface area (Å²) in [5, 5.41) is 18.0. The van der Waals surface area contributed by atoms with Gasteiger partial charge in [-0.3, -0.25) is 19.4 Å². The van der Waals surface area contributed by atoms with Crippen molar-refractivity contribution in [3.63, 3.8) is 0 Å². The van der Waals surface area contributed by atoms with Gasteiger partial charge in [0.15, 0.2) is 5.76 Å². The number of ketones is 1. The van der Waals surface area contributed by atoms with Gasteiger partial charge < -0.3 is 34.9 Å². The lowest BCUT2D eigenvalue weighted by atomic mass is 9.35. The molecule has 0 aliphatic heterocycles. The Morgan fingerprint density at radius 2 is 1.62 bits per heavy atom. The molecule has 4 N–H and O–H groups in total. The molecule has 346 valence electrons. The number of fused-ring (bicyclic) bond motifs is 10. The van der Waals surface area contributed by atoms with Gasteiger partial charge in [-0.15, -0.1) is 0 Å². The number of aromatic nitrogens is 2. The van der Waals surface area contributed by atoms with E-state index in [9.17, 15) is 19.5 Å². The molecule has 0 spiro atoms. The lowest BCUT2D eigenvalue weighted by Crippen LogP contribution is -2.60. The molecule has 0 bridgehead atoms. The predicted molar refractivity (Wildman–Crippen MR) is 253 cm³/mol. The Balaban J connectivity index is 0.000000192. The quantitative estimate of drug-likeness (QED) is 0.0729. The summed E-state index contributed by atoms with van der Waals surface area (Å²) in [4.78, 5) is 42.4. The first-order valence-electron chi connectivity index (χ1n) is 23.9. The molecule has 5 aliphatic rings. The Kier molecular flexibility index (Phi) is 15.0. The van der Waals surface area contributed by atoms with E-state index in [2.05, 4.69) is 85.6 Å². The number of nitrogens with zero attached hydrogens (tertiary/aromatic N) is 1. The summed E-state index contributed by atoms with van der Waals surface area (Å²) >= 11 is 0. The Hall–Kier alpha value is -4.58. The zero-order valence-electron chi connectivity index (χ0n) is 39.2. The van der Waals surface area contributed by atoms with Crippen LogP contribution in [0.25, 0.3) is 21.8 Å². The minimum atomic E-state index is -0.224. The zero-order valence-corrected chi connectivity index (χ0v) is 39.2. The van der Waals surface area contributed by atoms with Crippen LogP contribution in [0.5, 0.6) is 0 Å². The molecule has 1 aromatic carbocycles. The number of benzene rings is 1. The Morgan fingerprint density at radius 3 is 2.38 bits per heavy atom. The SMILES string of the molecule is CC1=C(O)C(=O)C=C2C1=CC=C1C2(C)CC[C@@]2(C)C3CC(C)CCC3(C)CCC12C.O=CNCCCOCCOCCOCCCNC(=O)CCc1ccc2[nH]c3ccncc3c2c1. The molecule has 64 heavy (non-hydrogen) atoms. The first-order valence-corrected chi connectivity index (χ1v) is 23.9. The van der Waals surface area contributed by atoms with Gasteiger partial charge in [-0.25, -0.2) is 0 Å². The Bertz CT molecular complexity index is 2310. The third kappa shape index (κ3) is 9.68. The van der Waals surface area contributed by atoms with Crippen LogP contribution in [0.3, 0.4) is 0 Å². The molecular weight excluding hydrogens is 805 g/mol. The highest BCUT2D eigenvalue weighted by Gasteiger charge is 2.65. The van der Waals surface area contributed by atoms with Gasteiger partial charge in [-0.05, 0) is 134 Å². The molecule has 11 heteroatoms. The van der Waals surface area contributed by atoms with Crippen LogP contribution in [0.2, 0.25) is 0 Å². The highest BCUT2D eigenvalue weighted by Crippen LogP contribution is 2.74. The fraction of sp³-hybridized carbons (Fsp3) is 0.585. The van der Waals surface area contributed by atoms with E-state index < -0.39 is 0 Å². The number of pyridine rings is 1. The molecule has 3 aromatic rings. The van der Waals surface area contributed by atoms with Crippen molar-refractivity contribution in [2.24, 2.45) is 33.5 Å². The molecule has 11 nitrogen and oxygen atoms in total. The van der Waals surface area contributed by atoms with Crippen LogP contribution in [0.1, 0.15) is 111 Å². The molecule has 2 aromatic heterocycles. The number of amides is 2. The third-order valence-corrected chi connectivity index (χ3v) is 16.1. The van der Waals surface area contributed by atoms with E-state index in [0.29, 0.717) is 82.8 Å². The number of aliphatic hydroxyl groups is 1. The van der Waals surface area contributed by atoms with Gasteiger partial charge in [-0.2, -0.15) is 0 Å². The molecule has 2 amide bonds. The zero-order chi connectivity index (χ0) is 45.5. The van der Waals surface area contributed by atoms with E-state index in [4.69, 9.17) is 14.2 Å². The molecule has 0 saturated heterocycles. The number of carbonyl (C=O) groups is 3. The average molecular weight is 877 g/mol. The summed E-state index contributed by atoms with van der Waals surface area (Å²) in [5.74, 6) is 1.35. The summed E-state index contributed by atoms with van der Waals surface area (Å²) in [7, 11) is 0. The Morgan fingerprint density at radius 1 is 0.906 bits per heavy atom. The summed E-state index contributed by atoms with van der Waals surface area (Å²) in [6.45, 7) is 18.9. The van der Waals surface area contributed by atoms with Crippen molar-refractivity contribution in [3.8, 4) is 0 Å². The molecule has 3 fully saturated rings. The maximum atomic E-state index is 12.5. The van der Waals surface area contributed by atoms with E-state index in [-0.39, 0.29) is 28.3 Å². The van der Waals surface area contributed by atoms with E-state index in [1.165, 1.54) is 38.5 Å². The van der Waals surface area contributed by atoms with E-state index in [1.807, 2.05) is 19.2 Å². The Labute approximate surface area is 379 Å². The van der Waals surface area contributed by atoms with Crippen molar-refractivity contribution in [2.75, 3.05) is 52.7 Å². The van der Waals surface area contributed by atoms with Gasteiger partial charge in [-0.1, -0.05) is 64.8 Å². The molecule has 6 atom stereocenters. The number of rotatable bonds is 18. The van der Waals surface area contributed by atoms with Gasteiger partial charge in [0, 0.05) is 77.9 Å². The largest absolute Gasteiger partial charge is 0.504 e. The number of hydrogen-bond donors (Lipinski definition) is 4. The van der Waals surface area contributed by atoms with Crippen molar-refractivity contribution in [1.29, 1.82) is 0 Å². The minimum absolute atomic E-state index is 0.0472. The number of carbonyl (C=O) groups excluding carboxylic acids is 3. The van der Waals surface area contributed by atoms with Gasteiger partial charge in [0.25, 0.3) is 0 Å². The summed E-state index contributed by atoms with van der Waals surface area (Å²) in [6, 6.07) is 8.23. The van der Waals surface area contributed by atoms with Gasteiger partial charge in [0.2, 0.25) is 18.1 Å². The fourth-order valence-electron chi connectivity index (χ4n) is 12.1. The second-order valence-corrected chi connectivity index (χ2v) is 20.1. The molecule has 8 rings (SSSR count). The number of nitrogens with one attached hydrogen (secondary N) is 3. The number of aryl methyl sites for hydroxylation is 1. The van der Waals surface area contributed by atoms with Crippen molar-refractivity contribution >= 4 is 39.9 Å². The number of H-pyrrole nitrogens is 1. The van der Waals surface area contributed by atoms with Crippen LogP contribution >= 0.6 is 0 Å². The molecule has 5 unspecified atom stereocenters. The number of ether oxygens (including phenoxy) is 3. The van der Waals surface area contributed by atoms with Crippen LogP contribution in [0.15, 0.2) is 82.9 Å². The maximum absolute atomic E-state index is 12.5. The smallest absolute Gasteiger partial charge is 0.220 e. The molecular formula is C53H72N4O7. The van der Waals surface area contributed by atoms with Crippen molar-refractivity contribution < 1.29 is 33.7 Å². The lowest BCUT2D eigenvalue weighted by Gasteiger charge is -2.69. The van der Waals surface area contributed by atoms with Crippen LogP contribution in [0, 0.1) is 33.5 Å². The highest BCUT2D eigenvalue weighted by molar-refractivity contribution is 6.07.